The molecule has 0 radical (unpaired) electrons. The van der Waals surface area contributed by atoms with Crippen LogP contribution < -0.4 is 0 Å². The zero-order chi connectivity index (χ0) is 59.1. The third-order valence-corrected chi connectivity index (χ3v) is 13.8. The van der Waals surface area contributed by atoms with E-state index < -0.39 is 96.1 Å². The lowest BCUT2D eigenvalue weighted by Gasteiger charge is -2.35. The van der Waals surface area contributed by atoms with E-state index in [1.807, 2.05) is 79.7 Å². The Morgan fingerprint density at radius 2 is 0.662 bits per heavy atom. The summed E-state index contributed by atoms with van der Waals surface area (Å²) in [6.07, 6.45) is -3.20. The fraction of sp³-hybridized carbons (Fsp3) is 0.607. The van der Waals surface area contributed by atoms with Gasteiger partial charge in [0.05, 0.1) is 13.1 Å². The average molecular weight is 1110 g/mol. The Morgan fingerprint density at radius 1 is 0.400 bits per heavy atom. The van der Waals surface area contributed by atoms with E-state index in [1.54, 1.807) is 24.3 Å². The summed E-state index contributed by atoms with van der Waals surface area (Å²) in [6, 6.07) is 9.07. The second-order valence-electron chi connectivity index (χ2n) is 22.4. The number of tetrazole rings is 2. The lowest BCUT2D eigenvalue weighted by Crippen LogP contribution is -2.55. The molecule has 0 spiro atoms. The highest BCUT2D eigenvalue weighted by molar-refractivity contribution is 5.94. The lowest BCUT2D eigenvalue weighted by atomic mass is 9.99. The highest BCUT2D eigenvalue weighted by atomic mass is 16.6. The molecule has 0 unspecified atom stereocenters. The van der Waals surface area contributed by atoms with Gasteiger partial charge in [0.15, 0.2) is 24.4 Å². The van der Waals surface area contributed by atoms with E-state index in [9.17, 15) is 38.4 Å². The van der Waals surface area contributed by atoms with Gasteiger partial charge in [-0.05, 0) is 106 Å². The Kier molecular flexibility index (Phi) is 22.9. The van der Waals surface area contributed by atoms with Crippen molar-refractivity contribution >= 4 is 47.5 Å². The van der Waals surface area contributed by atoms with Crippen LogP contribution in [-0.2, 0) is 83.2 Å². The standard InChI is InChI=1S/C56H80N12O12/c1-33(2)23-43-53(73)77-37(9)49(69)63(11)46(26-36(7)8)56(76)80-48(28-40-17-21-42(22-18-40)30-68-32-58-60-62-68)52(72)66(14)44(24-34(3)4)54(74)78-38(10)50(70)64(12)45(25-35(5)6)55(75)79-47(51(71)65(43)13)27-39-15-19-41(20-16-39)29-67-31-57-59-61-67/h15-22,31-38,43-48H,23-30H2,1-14H3/t37-,38-,43+,44+,45+,46+,47-,48-/m1/s1. The third-order valence-electron chi connectivity index (χ3n) is 13.8. The van der Waals surface area contributed by atoms with Crippen LogP contribution in [0.4, 0.5) is 0 Å². The van der Waals surface area contributed by atoms with E-state index in [-0.39, 0.29) is 62.2 Å². The number of hydrogen-bond acceptors (Lipinski definition) is 18. The molecular weight excluding hydrogens is 1030 g/mol. The van der Waals surface area contributed by atoms with Gasteiger partial charge in [-0.15, -0.1) is 10.2 Å². The molecule has 5 rings (SSSR count). The van der Waals surface area contributed by atoms with Crippen LogP contribution in [0.25, 0.3) is 0 Å². The number of likely N-dealkylation sites (N-methyl/N-ethyl adjacent to an activating group) is 4. The first-order chi connectivity index (χ1) is 37.7. The molecule has 1 saturated heterocycles. The van der Waals surface area contributed by atoms with Gasteiger partial charge in [0.2, 0.25) is 0 Å². The Bertz CT molecular complexity index is 2500. The van der Waals surface area contributed by atoms with Crippen molar-refractivity contribution in [2.45, 2.75) is 169 Å². The van der Waals surface area contributed by atoms with Gasteiger partial charge in [-0.3, -0.25) is 19.2 Å². The summed E-state index contributed by atoms with van der Waals surface area (Å²) in [6.45, 7) is 18.1. The van der Waals surface area contributed by atoms with Crippen LogP contribution in [0.2, 0.25) is 0 Å². The topological polar surface area (TPSA) is 274 Å². The molecule has 1 aliphatic heterocycles. The highest BCUT2D eigenvalue weighted by Crippen LogP contribution is 2.25. The Labute approximate surface area is 468 Å². The molecule has 0 saturated carbocycles. The third kappa shape index (κ3) is 17.7. The van der Waals surface area contributed by atoms with E-state index in [1.165, 1.54) is 64.1 Å². The van der Waals surface area contributed by atoms with Crippen molar-refractivity contribution in [3.8, 4) is 0 Å². The molecule has 0 N–H and O–H groups in total. The van der Waals surface area contributed by atoms with Gasteiger partial charge in [-0.25, -0.2) is 28.5 Å². The fourth-order valence-corrected chi connectivity index (χ4v) is 9.35. The number of ether oxygens (including phenoxy) is 4. The largest absolute Gasteiger partial charge is 0.451 e. The molecule has 80 heavy (non-hydrogen) atoms. The predicted octanol–water partition coefficient (Wildman–Crippen LogP) is 3.73. The molecule has 4 amide bonds. The Morgan fingerprint density at radius 3 is 0.925 bits per heavy atom. The second kappa shape index (κ2) is 29.0. The van der Waals surface area contributed by atoms with Gasteiger partial charge in [0, 0.05) is 41.0 Å². The summed E-state index contributed by atoms with van der Waals surface area (Å²) in [5, 5.41) is 22.5. The van der Waals surface area contributed by atoms with E-state index in [4.69, 9.17) is 18.9 Å². The Hall–Kier alpha value is -7.66. The van der Waals surface area contributed by atoms with E-state index in [0.29, 0.717) is 24.2 Å². The van der Waals surface area contributed by atoms with Crippen molar-refractivity contribution in [3.63, 3.8) is 0 Å². The summed E-state index contributed by atoms with van der Waals surface area (Å²) in [7, 11) is 5.51. The minimum atomic E-state index is -1.55. The van der Waals surface area contributed by atoms with Crippen molar-refractivity contribution < 1.29 is 57.3 Å². The minimum absolute atomic E-state index is 0.0698. The van der Waals surface area contributed by atoms with Crippen LogP contribution in [-0.4, -0.2) is 184 Å². The van der Waals surface area contributed by atoms with Gasteiger partial charge >= 0.3 is 23.9 Å². The number of aromatic nitrogens is 8. The maximum Gasteiger partial charge on any atom is 0.329 e. The molecule has 0 bridgehead atoms. The maximum absolute atomic E-state index is 14.9. The molecule has 8 atom stereocenters. The molecular formula is C56H80N12O12. The van der Waals surface area contributed by atoms with Gasteiger partial charge < -0.3 is 38.5 Å². The quantitative estimate of drug-likeness (QED) is 0.114. The zero-order valence-electron chi connectivity index (χ0n) is 48.6. The number of esters is 4. The van der Waals surface area contributed by atoms with Crippen molar-refractivity contribution in [1.29, 1.82) is 0 Å². The molecule has 1 fully saturated rings. The van der Waals surface area contributed by atoms with E-state index in [2.05, 4.69) is 31.1 Å². The molecule has 3 heterocycles. The number of nitrogens with zero attached hydrogens (tertiary/aromatic N) is 12. The van der Waals surface area contributed by atoms with Crippen molar-refractivity contribution in [1.82, 2.24) is 60.0 Å². The molecule has 1 aliphatic rings. The molecule has 2 aromatic carbocycles. The SMILES string of the molecule is CC(C)C[C@H]1C(=O)O[C@H](Cc2ccc(Cn3cnnn3)cc2)C(=O)N(C)[C@@H](CC(C)C)C(=O)O[C@H](C)C(=O)N(C)[C@@H](CC(C)C)C(=O)O[C@H](Cc2ccc(Cn3cnnn3)cc2)C(=O)N(C)[C@@H](CC(C)C)C(=O)O[C@H](C)C(=O)N1C. The first-order valence-corrected chi connectivity index (χ1v) is 27.2. The molecule has 4 aromatic rings. The van der Waals surface area contributed by atoms with Crippen LogP contribution in [0.15, 0.2) is 61.2 Å². The van der Waals surface area contributed by atoms with Crippen LogP contribution >= 0.6 is 0 Å². The van der Waals surface area contributed by atoms with Gasteiger partial charge in [-0.1, -0.05) is 104 Å². The predicted molar refractivity (Wildman–Crippen MR) is 289 cm³/mol. The minimum Gasteiger partial charge on any atom is -0.451 e. The van der Waals surface area contributed by atoms with Crippen LogP contribution in [0.1, 0.15) is 117 Å². The maximum atomic E-state index is 14.9. The van der Waals surface area contributed by atoms with E-state index >= 15 is 0 Å². The van der Waals surface area contributed by atoms with Gasteiger partial charge in [0.25, 0.3) is 23.6 Å². The summed E-state index contributed by atoms with van der Waals surface area (Å²) >= 11 is 0. The highest BCUT2D eigenvalue weighted by Gasteiger charge is 2.43. The first kappa shape index (κ1) is 63.2. The van der Waals surface area contributed by atoms with Crippen molar-refractivity contribution in [3.05, 3.63) is 83.4 Å². The smallest absolute Gasteiger partial charge is 0.329 e. The number of carbonyl (C=O) groups is 8. The second-order valence-corrected chi connectivity index (χ2v) is 22.4. The number of hydrogen-bond donors (Lipinski definition) is 0. The van der Waals surface area contributed by atoms with Crippen LogP contribution in [0.5, 0.6) is 0 Å². The average Bonchev–Trinajstić information content (AvgIpc) is 4.14. The number of amides is 4. The molecule has 2 aromatic heterocycles. The van der Waals surface area contributed by atoms with Gasteiger partial charge in [0.1, 0.15) is 36.8 Å². The lowest BCUT2D eigenvalue weighted by molar-refractivity contribution is -0.176. The number of benzene rings is 2. The fourth-order valence-electron chi connectivity index (χ4n) is 9.35. The van der Waals surface area contributed by atoms with E-state index in [0.717, 1.165) is 30.7 Å². The van der Waals surface area contributed by atoms with Crippen molar-refractivity contribution in [2.24, 2.45) is 23.7 Å². The first-order valence-electron chi connectivity index (χ1n) is 27.2. The normalized spacial score (nSPS) is 23.2. The molecule has 24 nitrogen and oxygen atoms in total. The van der Waals surface area contributed by atoms with Gasteiger partial charge in [-0.2, -0.15) is 0 Å². The zero-order valence-corrected chi connectivity index (χ0v) is 48.6. The molecule has 436 valence electrons. The van der Waals surface area contributed by atoms with Crippen LogP contribution in [0, 0.1) is 23.7 Å². The number of rotatable bonds is 16. The summed E-state index contributed by atoms with van der Waals surface area (Å²) in [5.41, 5.74) is 2.83. The monoisotopic (exact) mass is 1110 g/mol. The summed E-state index contributed by atoms with van der Waals surface area (Å²) in [4.78, 5) is 122. The molecule has 24 heteroatoms. The van der Waals surface area contributed by atoms with Crippen molar-refractivity contribution in [2.75, 3.05) is 28.2 Å². The Balaban J connectivity index is 1.59. The van der Waals surface area contributed by atoms with Crippen LogP contribution in [0.3, 0.4) is 0 Å². The summed E-state index contributed by atoms with van der Waals surface area (Å²) < 4.78 is 27.2. The molecule has 0 aliphatic carbocycles. The number of cyclic esters (lactones) is 4. The summed E-state index contributed by atoms with van der Waals surface area (Å²) in [5.74, 6) is -7.60. The number of carbonyl (C=O) groups excluding carboxylic acids is 8.